The summed E-state index contributed by atoms with van der Waals surface area (Å²) in [6.45, 7) is 9.20. The number of rotatable bonds is 6. The van der Waals surface area contributed by atoms with E-state index in [-0.39, 0.29) is 17.6 Å². The van der Waals surface area contributed by atoms with Gasteiger partial charge in [-0.15, -0.1) is 0 Å². The third kappa shape index (κ3) is 6.42. The van der Waals surface area contributed by atoms with Crippen LogP contribution in [-0.2, 0) is 0 Å². The predicted octanol–water partition coefficient (Wildman–Crippen LogP) is 4.18. The van der Waals surface area contributed by atoms with Gasteiger partial charge >= 0.3 is 0 Å². The van der Waals surface area contributed by atoms with Crippen LogP contribution in [0.15, 0.2) is 24.3 Å². The van der Waals surface area contributed by atoms with E-state index in [0.717, 1.165) is 17.9 Å². The maximum absolute atomic E-state index is 10.0. The molecular weight excluding hydrogens is 258 g/mol. The van der Waals surface area contributed by atoms with Crippen molar-refractivity contribution in [2.24, 2.45) is 5.41 Å². The smallest absolute Gasteiger partial charge is 0.0669 e. The second kappa shape index (κ2) is 7.28. The van der Waals surface area contributed by atoms with Crippen molar-refractivity contribution in [3.05, 3.63) is 34.9 Å². The van der Waals surface area contributed by atoms with E-state index in [1.807, 2.05) is 24.3 Å². The summed E-state index contributed by atoms with van der Waals surface area (Å²) in [4.78, 5) is 0. The average molecular weight is 284 g/mol. The van der Waals surface area contributed by atoms with Gasteiger partial charge in [0.1, 0.15) is 0 Å². The first-order valence-electron chi connectivity index (χ1n) is 6.98. The van der Waals surface area contributed by atoms with Crippen molar-refractivity contribution >= 4 is 11.6 Å². The van der Waals surface area contributed by atoms with Gasteiger partial charge in [-0.25, -0.2) is 0 Å². The maximum atomic E-state index is 10.0. The van der Waals surface area contributed by atoms with Gasteiger partial charge in [-0.2, -0.15) is 0 Å². The number of aliphatic hydroxyl groups excluding tert-OH is 1. The van der Waals surface area contributed by atoms with Crippen LogP contribution >= 0.6 is 11.6 Å². The number of benzene rings is 1. The molecule has 0 amide bonds. The molecule has 2 N–H and O–H groups in total. The SMILES string of the molecule is CCC(NCC(O)CC(C)(C)C)c1ccc(Cl)cc1. The van der Waals surface area contributed by atoms with Gasteiger partial charge in [0.15, 0.2) is 0 Å². The van der Waals surface area contributed by atoms with Crippen molar-refractivity contribution in [2.45, 2.75) is 52.7 Å². The molecule has 0 fully saturated rings. The molecule has 1 aromatic carbocycles. The van der Waals surface area contributed by atoms with E-state index in [1.54, 1.807) is 0 Å². The molecule has 19 heavy (non-hydrogen) atoms. The van der Waals surface area contributed by atoms with E-state index in [4.69, 9.17) is 11.6 Å². The molecule has 0 saturated heterocycles. The molecule has 0 aliphatic heterocycles. The summed E-state index contributed by atoms with van der Waals surface area (Å²) in [6.07, 6.45) is 1.49. The Labute approximate surface area is 122 Å². The number of nitrogens with one attached hydrogen (secondary N) is 1. The topological polar surface area (TPSA) is 32.3 Å². The van der Waals surface area contributed by atoms with Crippen molar-refractivity contribution in [3.8, 4) is 0 Å². The minimum absolute atomic E-state index is 0.156. The third-order valence-corrected chi connectivity index (χ3v) is 3.38. The molecule has 0 aliphatic carbocycles. The van der Waals surface area contributed by atoms with Crippen LogP contribution < -0.4 is 5.32 Å². The highest BCUT2D eigenvalue weighted by Crippen LogP contribution is 2.22. The number of halogens is 1. The normalized spacial score (nSPS) is 15.3. The number of hydrogen-bond donors (Lipinski definition) is 2. The molecule has 0 saturated carbocycles. The zero-order chi connectivity index (χ0) is 14.5. The Hall–Kier alpha value is -0.570. The van der Waals surface area contributed by atoms with Gasteiger partial charge in [0, 0.05) is 17.6 Å². The molecule has 0 radical (unpaired) electrons. The highest BCUT2D eigenvalue weighted by atomic mass is 35.5. The zero-order valence-corrected chi connectivity index (χ0v) is 13.2. The van der Waals surface area contributed by atoms with Crippen molar-refractivity contribution in [1.29, 1.82) is 0 Å². The molecule has 0 bridgehead atoms. The number of aliphatic hydroxyl groups is 1. The Morgan fingerprint density at radius 3 is 2.26 bits per heavy atom. The summed E-state index contributed by atoms with van der Waals surface area (Å²) in [7, 11) is 0. The van der Waals surface area contributed by atoms with Crippen LogP contribution in [0.1, 0.15) is 52.1 Å². The van der Waals surface area contributed by atoms with Crippen molar-refractivity contribution in [1.82, 2.24) is 5.32 Å². The Balaban J connectivity index is 2.51. The van der Waals surface area contributed by atoms with Crippen LogP contribution in [0, 0.1) is 5.41 Å². The molecule has 2 nitrogen and oxygen atoms in total. The summed E-state index contributed by atoms with van der Waals surface area (Å²) in [6, 6.07) is 8.17. The molecule has 0 spiro atoms. The lowest BCUT2D eigenvalue weighted by atomic mass is 9.89. The van der Waals surface area contributed by atoms with Gasteiger partial charge in [0.2, 0.25) is 0 Å². The lowest BCUT2D eigenvalue weighted by molar-refractivity contribution is 0.116. The first-order chi connectivity index (χ1) is 8.81. The molecule has 108 valence electrons. The fourth-order valence-corrected chi connectivity index (χ4v) is 2.38. The second-order valence-corrected chi connectivity index (χ2v) is 6.78. The first-order valence-corrected chi connectivity index (χ1v) is 7.36. The van der Waals surface area contributed by atoms with E-state index >= 15 is 0 Å². The van der Waals surface area contributed by atoms with Crippen LogP contribution in [0.2, 0.25) is 5.02 Å². The van der Waals surface area contributed by atoms with E-state index in [0.29, 0.717) is 6.54 Å². The van der Waals surface area contributed by atoms with Crippen molar-refractivity contribution in [2.75, 3.05) is 6.54 Å². The monoisotopic (exact) mass is 283 g/mol. The molecule has 0 heterocycles. The van der Waals surface area contributed by atoms with E-state index in [9.17, 15) is 5.11 Å². The Morgan fingerprint density at radius 1 is 1.21 bits per heavy atom. The first kappa shape index (κ1) is 16.5. The summed E-state index contributed by atoms with van der Waals surface area (Å²) in [5.41, 5.74) is 1.37. The van der Waals surface area contributed by atoms with Gasteiger partial charge in [-0.05, 0) is 36.0 Å². The standard InChI is InChI=1S/C16H26ClNO/c1-5-15(12-6-8-13(17)9-7-12)18-11-14(19)10-16(2,3)4/h6-9,14-15,18-19H,5,10-11H2,1-4H3. The lowest BCUT2D eigenvalue weighted by Crippen LogP contribution is -2.32. The summed E-state index contributed by atoms with van der Waals surface area (Å²) >= 11 is 5.90. The minimum atomic E-state index is -0.304. The largest absolute Gasteiger partial charge is 0.392 e. The van der Waals surface area contributed by atoms with Crippen LogP contribution in [0.25, 0.3) is 0 Å². The quantitative estimate of drug-likeness (QED) is 0.821. The number of hydrogen-bond acceptors (Lipinski definition) is 2. The molecule has 2 unspecified atom stereocenters. The minimum Gasteiger partial charge on any atom is -0.392 e. The highest BCUT2D eigenvalue weighted by Gasteiger charge is 2.18. The second-order valence-electron chi connectivity index (χ2n) is 6.34. The fraction of sp³-hybridized carbons (Fsp3) is 0.625. The molecule has 2 atom stereocenters. The zero-order valence-electron chi connectivity index (χ0n) is 12.4. The third-order valence-electron chi connectivity index (χ3n) is 3.13. The Kier molecular flexibility index (Phi) is 6.31. The van der Waals surface area contributed by atoms with Gasteiger partial charge in [0.05, 0.1) is 6.10 Å². The van der Waals surface area contributed by atoms with E-state index in [2.05, 4.69) is 33.0 Å². The van der Waals surface area contributed by atoms with Crippen molar-refractivity contribution in [3.63, 3.8) is 0 Å². The van der Waals surface area contributed by atoms with Gasteiger partial charge in [-0.3, -0.25) is 0 Å². The molecular formula is C16H26ClNO. The molecule has 1 aromatic rings. The van der Waals surface area contributed by atoms with Gasteiger partial charge in [0.25, 0.3) is 0 Å². The fourth-order valence-electron chi connectivity index (χ4n) is 2.25. The summed E-state index contributed by atoms with van der Waals surface area (Å²) in [5, 5.41) is 14.2. The maximum Gasteiger partial charge on any atom is 0.0669 e. The van der Waals surface area contributed by atoms with Gasteiger partial charge in [-0.1, -0.05) is 51.4 Å². The lowest BCUT2D eigenvalue weighted by Gasteiger charge is -2.25. The average Bonchev–Trinajstić information content (AvgIpc) is 2.29. The van der Waals surface area contributed by atoms with Gasteiger partial charge < -0.3 is 10.4 Å². The van der Waals surface area contributed by atoms with E-state index < -0.39 is 0 Å². The van der Waals surface area contributed by atoms with Crippen LogP contribution in [0.5, 0.6) is 0 Å². The van der Waals surface area contributed by atoms with Crippen LogP contribution in [0.3, 0.4) is 0 Å². The molecule has 3 heteroatoms. The Morgan fingerprint density at radius 2 is 1.79 bits per heavy atom. The summed E-state index contributed by atoms with van der Waals surface area (Å²) < 4.78 is 0. The van der Waals surface area contributed by atoms with Crippen LogP contribution in [-0.4, -0.2) is 17.8 Å². The van der Waals surface area contributed by atoms with E-state index in [1.165, 1.54) is 5.56 Å². The summed E-state index contributed by atoms with van der Waals surface area (Å²) in [5.74, 6) is 0. The Bertz CT molecular complexity index is 369. The highest BCUT2D eigenvalue weighted by molar-refractivity contribution is 6.30. The van der Waals surface area contributed by atoms with Crippen LogP contribution in [0.4, 0.5) is 0 Å². The molecule has 0 aromatic heterocycles. The van der Waals surface area contributed by atoms with Crippen molar-refractivity contribution < 1.29 is 5.11 Å². The molecule has 1 rings (SSSR count). The predicted molar refractivity (Wildman–Crippen MR) is 82.6 cm³/mol. The molecule has 0 aliphatic rings.